The molecule has 3 N–H and O–H groups in total. The van der Waals surface area contributed by atoms with Gasteiger partial charge in [0.05, 0.1) is 6.54 Å². The molecule has 0 aromatic carbocycles. The maximum absolute atomic E-state index is 12.1. The van der Waals surface area contributed by atoms with Crippen molar-refractivity contribution in [3.05, 3.63) is 16.1 Å². The summed E-state index contributed by atoms with van der Waals surface area (Å²) < 4.78 is 0. The van der Waals surface area contributed by atoms with Crippen LogP contribution in [0.15, 0.2) is 11.2 Å². The molecular formula is C17H26N6O2S. The maximum atomic E-state index is 12.1. The third-order valence-electron chi connectivity index (χ3n) is 5.24. The van der Waals surface area contributed by atoms with Gasteiger partial charge in [0.15, 0.2) is 5.96 Å². The van der Waals surface area contributed by atoms with E-state index in [0.29, 0.717) is 6.54 Å². The highest BCUT2D eigenvalue weighted by atomic mass is 32.1. The summed E-state index contributed by atoms with van der Waals surface area (Å²) in [6.45, 7) is 6.19. The molecule has 2 aliphatic rings. The molecule has 0 saturated carbocycles. The number of carbonyl (C=O) groups is 2. The number of urea groups is 1. The van der Waals surface area contributed by atoms with Gasteiger partial charge in [0.25, 0.3) is 5.91 Å². The number of hydrogen-bond acceptors (Lipinski definition) is 5. The zero-order valence-electron chi connectivity index (χ0n) is 15.5. The number of carbonyl (C=O) groups excluding carboxylic acids is 2. The van der Waals surface area contributed by atoms with Crippen molar-refractivity contribution in [2.24, 2.45) is 10.9 Å². The number of hydrogen-bond donors (Lipinski definition) is 3. The van der Waals surface area contributed by atoms with E-state index < -0.39 is 11.6 Å². The lowest BCUT2D eigenvalue weighted by Gasteiger charge is -2.39. The zero-order chi connectivity index (χ0) is 18.7. The van der Waals surface area contributed by atoms with E-state index in [9.17, 15) is 9.59 Å². The SMILES string of the molecule is CCc1cnc(CNC(=NC)N2CCC(C3(C)NC(=O)NC3=O)CC2)s1. The molecule has 2 saturated heterocycles. The first-order chi connectivity index (χ1) is 12.5. The summed E-state index contributed by atoms with van der Waals surface area (Å²) in [5.41, 5.74) is -0.808. The zero-order valence-corrected chi connectivity index (χ0v) is 16.3. The number of likely N-dealkylation sites (tertiary alicyclic amines) is 1. The lowest BCUT2D eigenvalue weighted by Crippen LogP contribution is -2.55. The molecule has 1 unspecified atom stereocenters. The Kier molecular flexibility index (Phi) is 5.45. The molecule has 0 aliphatic carbocycles. The Morgan fingerprint density at radius 2 is 2.19 bits per heavy atom. The Morgan fingerprint density at radius 3 is 2.73 bits per heavy atom. The lowest BCUT2D eigenvalue weighted by atomic mass is 9.79. The predicted molar refractivity (Wildman–Crippen MR) is 101 cm³/mol. The van der Waals surface area contributed by atoms with Crippen LogP contribution in [0.5, 0.6) is 0 Å². The molecule has 26 heavy (non-hydrogen) atoms. The molecule has 0 bridgehead atoms. The average molecular weight is 379 g/mol. The van der Waals surface area contributed by atoms with E-state index >= 15 is 0 Å². The molecule has 0 radical (unpaired) electrons. The Bertz CT molecular complexity index is 710. The molecule has 1 aromatic heterocycles. The van der Waals surface area contributed by atoms with E-state index in [1.54, 1.807) is 18.4 Å². The molecule has 2 fully saturated rings. The van der Waals surface area contributed by atoms with Crippen LogP contribution < -0.4 is 16.0 Å². The van der Waals surface area contributed by atoms with Crippen LogP contribution in [-0.2, 0) is 17.8 Å². The van der Waals surface area contributed by atoms with E-state index in [0.717, 1.165) is 43.3 Å². The van der Waals surface area contributed by atoms with Crippen LogP contribution in [0.25, 0.3) is 0 Å². The topological polar surface area (TPSA) is 98.7 Å². The van der Waals surface area contributed by atoms with Gasteiger partial charge in [0, 0.05) is 31.2 Å². The minimum absolute atomic E-state index is 0.120. The molecule has 3 amide bonds. The Hall–Kier alpha value is -2.16. The monoisotopic (exact) mass is 378 g/mol. The summed E-state index contributed by atoms with van der Waals surface area (Å²) in [5.74, 6) is 0.745. The third kappa shape index (κ3) is 3.67. The van der Waals surface area contributed by atoms with Gasteiger partial charge in [-0.25, -0.2) is 9.78 Å². The first kappa shape index (κ1) is 18.6. The number of rotatable bonds is 4. The van der Waals surface area contributed by atoms with Crippen molar-refractivity contribution in [2.45, 2.75) is 45.2 Å². The van der Waals surface area contributed by atoms with Crippen LogP contribution in [0.2, 0.25) is 0 Å². The van der Waals surface area contributed by atoms with E-state index in [-0.39, 0.29) is 11.8 Å². The van der Waals surface area contributed by atoms with Crippen molar-refractivity contribution in [3.63, 3.8) is 0 Å². The number of thiazole rings is 1. The van der Waals surface area contributed by atoms with E-state index in [2.05, 4.69) is 37.8 Å². The first-order valence-corrected chi connectivity index (χ1v) is 9.80. The van der Waals surface area contributed by atoms with Crippen LogP contribution in [-0.4, -0.2) is 53.5 Å². The molecule has 2 aliphatic heterocycles. The minimum Gasteiger partial charge on any atom is -0.350 e. The number of piperidine rings is 1. The Balaban J connectivity index is 1.54. The first-order valence-electron chi connectivity index (χ1n) is 8.99. The maximum Gasteiger partial charge on any atom is 0.322 e. The molecule has 0 spiro atoms. The van der Waals surface area contributed by atoms with E-state index in [1.807, 2.05) is 13.1 Å². The van der Waals surface area contributed by atoms with Crippen LogP contribution in [0.4, 0.5) is 4.79 Å². The third-order valence-corrected chi connectivity index (χ3v) is 6.38. The van der Waals surface area contributed by atoms with Crippen LogP contribution in [0.1, 0.15) is 36.6 Å². The Labute approximate surface area is 157 Å². The highest BCUT2D eigenvalue weighted by Crippen LogP contribution is 2.30. The van der Waals surface area contributed by atoms with Gasteiger partial charge < -0.3 is 15.5 Å². The number of guanidine groups is 1. The van der Waals surface area contributed by atoms with Crippen molar-refractivity contribution < 1.29 is 9.59 Å². The molecule has 1 aromatic rings. The highest BCUT2D eigenvalue weighted by molar-refractivity contribution is 7.11. The average Bonchev–Trinajstić information content (AvgIpc) is 3.20. The van der Waals surface area contributed by atoms with Crippen molar-refractivity contribution >= 4 is 29.2 Å². The normalized spacial score (nSPS) is 24.6. The van der Waals surface area contributed by atoms with Gasteiger partial charge in [0.2, 0.25) is 0 Å². The summed E-state index contributed by atoms with van der Waals surface area (Å²) in [5, 5.41) is 9.57. The summed E-state index contributed by atoms with van der Waals surface area (Å²) in [4.78, 5) is 35.9. The number of aliphatic imine (C=N–C) groups is 1. The summed E-state index contributed by atoms with van der Waals surface area (Å²) in [6.07, 6.45) is 4.57. The van der Waals surface area contributed by atoms with Gasteiger partial charge in [-0.1, -0.05) is 6.92 Å². The largest absolute Gasteiger partial charge is 0.350 e. The fourth-order valence-corrected chi connectivity index (χ4v) is 4.40. The number of nitrogens with one attached hydrogen (secondary N) is 3. The molecule has 8 nitrogen and oxygen atoms in total. The fraction of sp³-hybridized carbons (Fsp3) is 0.647. The van der Waals surface area contributed by atoms with Crippen LogP contribution in [0.3, 0.4) is 0 Å². The van der Waals surface area contributed by atoms with Gasteiger partial charge >= 0.3 is 6.03 Å². The van der Waals surface area contributed by atoms with Gasteiger partial charge in [-0.05, 0) is 32.1 Å². The second-order valence-corrected chi connectivity index (χ2v) is 8.05. The molecule has 142 valence electrons. The van der Waals surface area contributed by atoms with Gasteiger partial charge in [-0.3, -0.25) is 15.1 Å². The second kappa shape index (κ2) is 7.61. The summed E-state index contributed by atoms with van der Waals surface area (Å²) in [6, 6.07) is -0.396. The van der Waals surface area contributed by atoms with Gasteiger partial charge in [0.1, 0.15) is 10.5 Å². The molecule has 3 heterocycles. The molecule has 1 atom stereocenters. The summed E-state index contributed by atoms with van der Waals surface area (Å²) in [7, 11) is 1.78. The van der Waals surface area contributed by atoms with Crippen molar-refractivity contribution in [3.8, 4) is 0 Å². The van der Waals surface area contributed by atoms with Gasteiger partial charge in [-0.2, -0.15) is 0 Å². The number of aromatic nitrogens is 1. The summed E-state index contributed by atoms with van der Waals surface area (Å²) >= 11 is 1.72. The van der Waals surface area contributed by atoms with Gasteiger partial charge in [-0.15, -0.1) is 11.3 Å². The van der Waals surface area contributed by atoms with E-state index in [1.165, 1.54) is 4.88 Å². The van der Waals surface area contributed by atoms with Crippen molar-refractivity contribution in [1.82, 2.24) is 25.8 Å². The number of amides is 3. The molecule has 3 rings (SSSR count). The standard InChI is InChI=1S/C17H26N6O2S/c1-4-12-9-19-13(26-12)10-20-15(18-3)23-7-5-11(6-8-23)17(2)14(24)21-16(25)22-17/h9,11H,4-8,10H2,1-3H3,(H,18,20)(H2,21,22,24,25). The fourth-order valence-electron chi connectivity index (χ4n) is 3.59. The lowest BCUT2D eigenvalue weighted by molar-refractivity contribution is -0.125. The predicted octanol–water partition coefficient (Wildman–Crippen LogP) is 1.09. The molecule has 9 heteroatoms. The highest BCUT2D eigenvalue weighted by Gasteiger charge is 2.48. The molecular weight excluding hydrogens is 352 g/mol. The smallest absolute Gasteiger partial charge is 0.322 e. The quantitative estimate of drug-likeness (QED) is 0.414. The minimum atomic E-state index is -0.808. The second-order valence-electron chi connectivity index (χ2n) is 6.85. The van der Waals surface area contributed by atoms with Crippen molar-refractivity contribution in [1.29, 1.82) is 0 Å². The van der Waals surface area contributed by atoms with E-state index in [4.69, 9.17) is 0 Å². The number of imide groups is 1. The number of nitrogens with zero attached hydrogens (tertiary/aromatic N) is 3. The number of aryl methyl sites for hydroxylation is 1. The van der Waals surface area contributed by atoms with Crippen molar-refractivity contribution in [2.75, 3.05) is 20.1 Å². The Morgan fingerprint density at radius 1 is 1.46 bits per heavy atom. The van der Waals surface area contributed by atoms with Crippen LogP contribution in [0, 0.1) is 5.92 Å². The van der Waals surface area contributed by atoms with Crippen LogP contribution >= 0.6 is 11.3 Å².